The quantitative estimate of drug-likeness (QED) is 0.671. The molecule has 0 bridgehead atoms. The topological polar surface area (TPSA) is 42.0 Å². The van der Waals surface area contributed by atoms with E-state index in [1.807, 2.05) is 0 Å². The third kappa shape index (κ3) is 2.57. The summed E-state index contributed by atoms with van der Waals surface area (Å²) < 4.78 is 0.638. The van der Waals surface area contributed by atoms with Gasteiger partial charge in [0.05, 0.1) is 11.0 Å². The average Bonchev–Trinajstić information content (AvgIpc) is 2.09. The minimum absolute atomic E-state index is 0.0938. The normalized spacial score (nSPS) is 9.50. The van der Waals surface area contributed by atoms with Crippen molar-refractivity contribution in [3.05, 3.63) is 22.9 Å². The summed E-state index contributed by atoms with van der Waals surface area (Å²) in [5, 5.41) is 2.95. The lowest BCUT2D eigenvalue weighted by atomic mass is 10.4. The molecule has 0 unspecified atom stereocenters. The lowest BCUT2D eigenvalue weighted by Gasteiger charge is -2.03. The number of alkyl halides is 1. The molecule has 3 nitrogen and oxygen atoms in total. The van der Waals surface area contributed by atoms with E-state index in [0.717, 1.165) is 0 Å². The van der Waals surface area contributed by atoms with Crippen LogP contribution in [0.15, 0.2) is 22.9 Å². The lowest BCUT2D eigenvalue weighted by molar-refractivity contribution is -0.113. The van der Waals surface area contributed by atoms with Gasteiger partial charge in [-0.15, -0.1) is 0 Å². The van der Waals surface area contributed by atoms with E-state index in [0.29, 0.717) is 10.3 Å². The minimum atomic E-state index is -0.0938. The van der Waals surface area contributed by atoms with Crippen LogP contribution in [0.3, 0.4) is 0 Å². The Kier molecular flexibility index (Phi) is 3.68. The molecule has 1 heterocycles. The van der Waals surface area contributed by atoms with Crippen LogP contribution in [0.4, 0.5) is 5.69 Å². The molecule has 12 heavy (non-hydrogen) atoms. The van der Waals surface area contributed by atoms with E-state index in [9.17, 15) is 4.79 Å². The molecule has 0 aromatic carbocycles. The largest absolute Gasteiger partial charge is 0.323 e. The van der Waals surface area contributed by atoms with Crippen molar-refractivity contribution in [2.24, 2.45) is 0 Å². The van der Waals surface area contributed by atoms with Crippen LogP contribution in [0.5, 0.6) is 0 Å². The van der Waals surface area contributed by atoms with E-state index in [4.69, 9.17) is 0 Å². The highest BCUT2D eigenvalue weighted by Crippen LogP contribution is 2.17. The number of rotatable bonds is 2. The van der Waals surface area contributed by atoms with E-state index < -0.39 is 0 Å². The van der Waals surface area contributed by atoms with Crippen molar-refractivity contribution in [1.82, 2.24) is 4.98 Å². The van der Waals surface area contributed by atoms with Gasteiger partial charge in [-0.25, -0.2) is 4.98 Å². The van der Waals surface area contributed by atoms with Crippen molar-refractivity contribution in [3.63, 3.8) is 0 Å². The van der Waals surface area contributed by atoms with Gasteiger partial charge in [0.2, 0.25) is 5.91 Å². The molecule has 0 aliphatic carbocycles. The second-order valence-corrected chi connectivity index (χ2v) is 3.34. The zero-order valence-corrected chi connectivity index (χ0v) is 9.22. The van der Waals surface area contributed by atoms with Crippen LogP contribution >= 0.6 is 31.9 Å². The zero-order valence-electron chi connectivity index (χ0n) is 6.05. The van der Waals surface area contributed by atoms with Gasteiger partial charge < -0.3 is 5.32 Å². The summed E-state index contributed by atoms with van der Waals surface area (Å²) in [6, 6.07) is 3.53. The monoisotopic (exact) mass is 292 g/mol. The van der Waals surface area contributed by atoms with Gasteiger partial charge in [0.1, 0.15) is 4.60 Å². The van der Waals surface area contributed by atoms with Crippen molar-refractivity contribution in [1.29, 1.82) is 0 Å². The summed E-state index contributed by atoms with van der Waals surface area (Å²) in [6.45, 7) is 0. The number of aromatic nitrogens is 1. The third-order valence-corrected chi connectivity index (χ3v) is 2.30. The first-order valence-corrected chi connectivity index (χ1v) is 5.12. The van der Waals surface area contributed by atoms with Crippen molar-refractivity contribution in [3.8, 4) is 0 Å². The van der Waals surface area contributed by atoms with Gasteiger partial charge in [-0.1, -0.05) is 15.9 Å². The van der Waals surface area contributed by atoms with Crippen LogP contribution in [0.2, 0.25) is 0 Å². The fraction of sp³-hybridized carbons (Fsp3) is 0.143. The van der Waals surface area contributed by atoms with Crippen LogP contribution in [0, 0.1) is 0 Å². The number of carbonyl (C=O) groups excluding carboxylic acids is 1. The fourth-order valence-electron chi connectivity index (χ4n) is 0.663. The van der Waals surface area contributed by atoms with E-state index in [-0.39, 0.29) is 11.2 Å². The number of hydrogen-bond acceptors (Lipinski definition) is 2. The van der Waals surface area contributed by atoms with Crippen LogP contribution in [0.25, 0.3) is 0 Å². The molecule has 0 spiro atoms. The number of hydrogen-bond donors (Lipinski definition) is 1. The van der Waals surface area contributed by atoms with Crippen molar-refractivity contribution >= 4 is 43.5 Å². The first-order valence-electron chi connectivity index (χ1n) is 3.20. The molecule has 1 aromatic rings. The second-order valence-electron chi connectivity index (χ2n) is 2.02. The Hall–Kier alpha value is -0.420. The van der Waals surface area contributed by atoms with E-state index in [2.05, 4.69) is 42.2 Å². The summed E-state index contributed by atoms with van der Waals surface area (Å²) in [4.78, 5) is 14.9. The molecule has 1 amide bonds. The number of nitrogens with zero attached hydrogens (tertiary/aromatic N) is 1. The highest BCUT2D eigenvalue weighted by molar-refractivity contribution is 9.10. The third-order valence-electron chi connectivity index (χ3n) is 1.15. The molecule has 5 heteroatoms. The molecule has 0 saturated carbocycles. The van der Waals surface area contributed by atoms with Crippen LogP contribution < -0.4 is 5.32 Å². The van der Waals surface area contributed by atoms with Gasteiger partial charge in [0.15, 0.2) is 0 Å². The van der Waals surface area contributed by atoms with Gasteiger partial charge in [-0.05, 0) is 28.1 Å². The Morgan fingerprint density at radius 2 is 2.42 bits per heavy atom. The molecule has 0 atom stereocenters. The number of nitrogens with one attached hydrogen (secondary N) is 1. The molecular weight excluding hydrogens is 288 g/mol. The highest BCUT2D eigenvalue weighted by atomic mass is 79.9. The predicted octanol–water partition coefficient (Wildman–Crippen LogP) is 2.18. The number of pyridine rings is 1. The van der Waals surface area contributed by atoms with Gasteiger partial charge >= 0.3 is 0 Å². The van der Waals surface area contributed by atoms with Crippen LogP contribution in [-0.2, 0) is 4.79 Å². The molecule has 0 saturated heterocycles. The molecule has 1 aromatic heterocycles. The molecule has 1 N–H and O–H groups in total. The van der Waals surface area contributed by atoms with E-state index >= 15 is 0 Å². The van der Waals surface area contributed by atoms with E-state index in [1.165, 1.54) is 0 Å². The van der Waals surface area contributed by atoms with Gasteiger partial charge in [-0.2, -0.15) is 0 Å². The Bertz CT molecular complexity index is 290. The molecule has 0 radical (unpaired) electrons. The second kappa shape index (κ2) is 4.57. The zero-order chi connectivity index (χ0) is 8.97. The Morgan fingerprint density at radius 1 is 1.67 bits per heavy atom. The summed E-state index contributed by atoms with van der Waals surface area (Å²) in [5.41, 5.74) is 0.682. The standard InChI is InChI=1S/C7H6Br2N2O/c8-4-6(12)11-5-2-1-3-10-7(5)9/h1-3H,4H2,(H,11,12). The van der Waals surface area contributed by atoms with Crippen LogP contribution in [0.1, 0.15) is 0 Å². The van der Waals surface area contributed by atoms with Crippen LogP contribution in [-0.4, -0.2) is 16.2 Å². The smallest absolute Gasteiger partial charge is 0.235 e. The predicted molar refractivity (Wildman–Crippen MR) is 54.4 cm³/mol. The maximum absolute atomic E-state index is 10.9. The molecule has 1 rings (SSSR count). The summed E-state index contributed by atoms with van der Waals surface area (Å²) in [5.74, 6) is -0.0938. The number of carbonyl (C=O) groups is 1. The molecule has 0 aliphatic heterocycles. The highest BCUT2D eigenvalue weighted by Gasteiger charge is 2.02. The van der Waals surface area contributed by atoms with Gasteiger partial charge in [0.25, 0.3) is 0 Å². The maximum Gasteiger partial charge on any atom is 0.235 e. The average molecular weight is 294 g/mol. The Balaban J connectivity index is 2.75. The maximum atomic E-state index is 10.9. The first-order chi connectivity index (χ1) is 5.74. The molecule has 0 aliphatic rings. The Labute approximate surface area is 86.8 Å². The van der Waals surface area contributed by atoms with Gasteiger partial charge in [0, 0.05) is 6.20 Å². The van der Waals surface area contributed by atoms with Crippen molar-refractivity contribution in [2.45, 2.75) is 0 Å². The molecular formula is C7H6Br2N2O. The Morgan fingerprint density at radius 3 is 3.00 bits per heavy atom. The van der Waals surface area contributed by atoms with Gasteiger partial charge in [-0.3, -0.25) is 4.79 Å². The minimum Gasteiger partial charge on any atom is -0.323 e. The molecule has 64 valence electrons. The number of amides is 1. The first kappa shape index (κ1) is 9.67. The summed E-state index contributed by atoms with van der Waals surface area (Å²) in [6.07, 6.45) is 1.65. The SMILES string of the molecule is O=C(CBr)Nc1cccnc1Br. The number of halogens is 2. The summed E-state index contributed by atoms with van der Waals surface area (Å²) >= 11 is 6.26. The summed E-state index contributed by atoms with van der Waals surface area (Å²) in [7, 11) is 0. The fourth-order valence-corrected chi connectivity index (χ4v) is 1.15. The van der Waals surface area contributed by atoms with E-state index in [1.54, 1.807) is 18.3 Å². The lowest BCUT2D eigenvalue weighted by Crippen LogP contribution is -2.12. The van der Waals surface area contributed by atoms with Crippen molar-refractivity contribution in [2.75, 3.05) is 10.6 Å². The number of anilines is 1. The van der Waals surface area contributed by atoms with Crippen molar-refractivity contribution < 1.29 is 4.79 Å². The molecule has 0 fully saturated rings.